The summed E-state index contributed by atoms with van der Waals surface area (Å²) in [6.45, 7) is 8.40. The fraction of sp³-hybridized carbons (Fsp3) is 0.571. The standard InChI is InChI=1S/C14H22ClNO2S/c1-11-5-7-13(8-6-11)19(17,18)16-10-12(15)9-14(2,3)4/h5-8,12,16H,9-10H2,1-4H3. The molecule has 0 aliphatic carbocycles. The minimum atomic E-state index is -3.46. The molecular formula is C14H22ClNO2S. The topological polar surface area (TPSA) is 46.2 Å². The molecule has 0 aromatic heterocycles. The lowest BCUT2D eigenvalue weighted by Gasteiger charge is -2.22. The second kappa shape index (κ2) is 6.25. The molecule has 1 aromatic carbocycles. The van der Waals surface area contributed by atoms with Crippen molar-refractivity contribution in [3.8, 4) is 0 Å². The molecule has 0 bridgehead atoms. The van der Waals surface area contributed by atoms with Crippen LogP contribution in [0.5, 0.6) is 0 Å². The van der Waals surface area contributed by atoms with Crippen LogP contribution >= 0.6 is 11.6 Å². The third kappa shape index (κ3) is 5.93. The minimum Gasteiger partial charge on any atom is -0.210 e. The Balaban J connectivity index is 2.63. The Morgan fingerprint density at radius 1 is 1.21 bits per heavy atom. The third-order valence-corrected chi connectivity index (χ3v) is 4.41. The van der Waals surface area contributed by atoms with Gasteiger partial charge in [-0.1, -0.05) is 38.5 Å². The fourth-order valence-corrected chi connectivity index (χ4v) is 3.45. The summed E-state index contributed by atoms with van der Waals surface area (Å²) in [4.78, 5) is 0.276. The van der Waals surface area contributed by atoms with E-state index in [-0.39, 0.29) is 22.2 Å². The van der Waals surface area contributed by atoms with Gasteiger partial charge in [0.2, 0.25) is 10.0 Å². The smallest absolute Gasteiger partial charge is 0.210 e. The van der Waals surface area contributed by atoms with Gasteiger partial charge in [0.1, 0.15) is 0 Å². The van der Waals surface area contributed by atoms with Crippen molar-refractivity contribution in [3.05, 3.63) is 29.8 Å². The maximum atomic E-state index is 12.0. The highest BCUT2D eigenvalue weighted by Crippen LogP contribution is 2.23. The number of halogens is 1. The Kier molecular flexibility index (Phi) is 5.42. The zero-order valence-electron chi connectivity index (χ0n) is 11.9. The third-order valence-electron chi connectivity index (χ3n) is 2.66. The summed E-state index contributed by atoms with van der Waals surface area (Å²) in [7, 11) is -3.46. The van der Waals surface area contributed by atoms with Crippen molar-refractivity contribution in [2.75, 3.05) is 6.54 Å². The largest absolute Gasteiger partial charge is 0.240 e. The quantitative estimate of drug-likeness (QED) is 0.848. The molecule has 1 N–H and O–H groups in total. The van der Waals surface area contributed by atoms with E-state index in [0.717, 1.165) is 12.0 Å². The Bertz CT molecular complexity index is 503. The number of hydrogen-bond acceptors (Lipinski definition) is 2. The number of rotatable bonds is 5. The fourth-order valence-electron chi connectivity index (χ4n) is 1.74. The summed E-state index contributed by atoms with van der Waals surface area (Å²) < 4.78 is 26.6. The Hall–Kier alpha value is -0.580. The SMILES string of the molecule is Cc1ccc(S(=O)(=O)NCC(Cl)CC(C)(C)C)cc1. The first-order valence-corrected chi connectivity index (χ1v) is 8.22. The van der Waals surface area contributed by atoms with Gasteiger partial charge in [-0.15, -0.1) is 11.6 Å². The summed E-state index contributed by atoms with van der Waals surface area (Å²) >= 11 is 6.16. The van der Waals surface area contributed by atoms with E-state index in [9.17, 15) is 8.42 Å². The number of benzene rings is 1. The highest BCUT2D eigenvalue weighted by Gasteiger charge is 2.20. The number of alkyl halides is 1. The van der Waals surface area contributed by atoms with Gasteiger partial charge < -0.3 is 0 Å². The minimum absolute atomic E-state index is 0.0850. The molecule has 3 nitrogen and oxygen atoms in total. The van der Waals surface area contributed by atoms with Crippen molar-refractivity contribution < 1.29 is 8.42 Å². The van der Waals surface area contributed by atoms with E-state index in [1.165, 1.54) is 0 Å². The molecule has 0 aliphatic rings. The van der Waals surface area contributed by atoms with Crippen molar-refractivity contribution in [1.82, 2.24) is 4.72 Å². The molecule has 0 saturated heterocycles. The zero-order chi connectivity index (χ0) is 14.7. The van der Waals surface area contributed by atoms with Crippen LogP contribution in [0, 0.1) is 12.3 Å². The van der Waals surface area contributed by atoms with Gasteiger partial charge in [-0.25, -0.2) is 13.1 Å². The molecule has 19 heavy (non-hydrogen) atoms. The second-order valence-corrected chi connectivity index (χ2v) is 8.41. The molecule has 0 aliphatic heterocycles. The molecular weight excluding hydrogens is 282 g/mol. The lowest BCUT2D eigenvalue weighted by Crippen LogP contribution is -2.31. The molecule has 1 rings (SSSR count). The number of hydrogen-bond donors (Lipinski definition) is 1. The van der Waals surface area contributed by atoms with E-state index >= 15 is 0 Å². The maximum absolute atomic E-state index is 12.0. The highest BCUT2D eigenvalue weighted by atomic mass is 35.5. The summed E-state index contributed by atoms with van der Waals surface area (Å²) in [6.07, 6.45) is 0.755. The monoisotopic (exact) mass is 303 g/mol. The average molecular weight is 304 g/mol. The van der Waals surface area contributed by atoms with Crippen LogP contribution in [0.25, 0.3) is 0 Å². The lowest BCUT2D eigenvalue weighted by molar-refractivity contribution is 0.369. The van der Waals surface area contributed by atoms with Gasteiger partial charge in [0, 0.05) is 11.9 Å². The van der Waals surface area contributed by atoms with Crippen LogP contribution in [0.4, 0.5) is 0 Å². The van der Waals surface area contributed by atoms with Crippen molar-refractivity contribution in [2.45, 2.75) is 44.4 Å². The molecule has 0 fully saturated rings. The van der Waals surface area contributed by atoms with E-state index < -0.39 is 10.0 Å². The predicted molar refractivity (Wildman–Crippen MR) is 80.1 cm³/mol. The van der Waals surface area contributed by atoms with Gasteiger partial charge in [0.15, 0.2) is 0 Å². The van der Waals surface area contributed by atoms with Gasteiger partial charge in [0.25, 0.3) is 0 Å². The average Bonchev–Trinajstić information content (AvgIpc) is 2.25. The van der Waals surface area contributed by atoms with Crippen LogP contribution in [-0.2, 0) is 10.0 Å². The zero-order valence-corrected chi connectivity index (χ0v) is 13.5. The molecule has 1 atom stereocenters. The molecule has 5 heteroatoms. The van der Waals surface area contributed by atoms with E-state index in [2.05, 4.69) is 25.5 Å². The molecule has 0 saturated carbocycles. The van der Waals surface area contributed by atoms with Crippen LogP contribution < -0.4 is 4.72 Å². The molecule has 1 aromatic rings. The number of sulfonamides is 1. The van der Waals surface area contributed by atoms with Crippen LogP contribution in [0.15, 0.2) is 29.2 Å². The van der Waals surface area contributed by atoms with E-state index in [1.807, 2.05) is 6.92 Å². The highest BCUT2D eigenvalue weighted by molar-refractivity contribution is 7.89. The van der Waals surface area contributed by atoms with Gasteiger partial charge in [-0.2, -0.15) is 0 Å². The first-order valence-electron chi connectivity index (χ1n) is 6.30. The van der Waals surface area contributed by atoms with Gasteiger partial charge in [-0.05, 0) is 30.9 Å². The van der Waals surface area contributed by atoms with Gasteiger partial charge in [0.05, 0.1) is 4.90 Å². The van der Waals surface area contributed by atoms with Crippen LogP contribution in [-0.4, -0.2) is 20.3 Å². The molecule has 108 valence electrons. The van der Waals surface area contributed by atoms with Crippen LogP contribution in [0.3, 0.4) is 0 Å². The molecule has 0 radical (unpaired) electrons. The lowest BCUT2D eigenvalue weighted by atomic mass is 9.90. The predicted octanol–water partition coefficient (Wildman–Crippen LogP) is 3.32. The molecule has 0 heterocycles. The molecule has 1 unspecified atom stereocenters. The number of aryl methyl sites for hydroxylation is 1. The normalized spacial score (nSPS) is 14.4. The van der Waals surface area contributed by atoms with Crippen LogP contribution in [0.1, 0.15) is 32.8 Å². The molecule has 0 amide bonds. The Labute approximate surface area is 121 Å². The number of nitrogens with one attached hydrogen (secondary N) is 1. The molecule has 0 spiro atoms. The summed E-state index contributed by atoms with van der Waals surface area (Å²) in [5.74, 6) is 0. The summed E-state index contributed by atoms with van der Waals surface area (Å²) in [5, 5.41) is -0.208. The van der Waals surface area contributed by atoms with Gasteiger partial charge >= 0.3 is 0 Å². The summed E-state index contributed by atoms with van der Waals surface area (Å²) in [5.41, 5.74) is 1.11. The second-order valence-electron chi connectivity index (χ2n) is 6.03. The van der Waals surface area contributed by atoms with Crippen molar-refractivity contribution in [2.24, 2.45) is 5.41 Å². The van der Waals surface area contributed by atoms with Crippen LogP contribution in [0.2, 0.25) is 0 Å². The first-order chi connectivity index (χ1) is 8.60. The maximum Gasteiger partial charge on any atom is 0.240 e. The first kappa shape index (κ1) is 16.5. The van der Waals surface area contributed by atoms with Crippen molar-refractivity contribution in [3.63, 3.8) is 0 Å². The van der Waals surface area contributed by atoms with E-state index in [4.69, 9.17) is 11.6 Å². The van der Waals surface area contributed by atoms with Crippen molar-refractivity contribution >= 4 is 21.6 Å². The van der Waals surface area contributed by atoms with E-state index in [1.54, 1.807) is 24.3 Å². The Morgan fingerprint density at radius 2 is 1.74 bits per heavy atom. The van der Waals surface area contributed by atoms with E-state index in [0.29, 0.717) is 0 Å². The Morgan fingerprint density at radius 3 is 2.21 bits per heavy atom. The van der Waals surface area contributed by atoms with Gasteiger partial charge in [-0.3, -0.25) is 0 Å². The van der Waals surface area contributed by atoms with Crippen molar-refractivity contribution in [1.29, 1.82) is 0 Å². The summed E-state index contributed by atoms with van der Waals surface area (Å²) in [6, 6.07) is 6.76.